The number of carbonyl (C=O) groups excluding carboxylic acids is 1. The van der Waals surface area contributed by atoms with Gasteiger partial charge in [0.25, 0.3) is 0 Å². The van der Waals surface area contributed by atoms with Gasteiger partial charge in [0.15, 0.2) is 0 Å². The predicted molar refractivity (Wildman–Crippen MR) is 132 cm³/mol. The topological polar surface area (TPSA) is 105 Å². The Kier molecular flexibility index (Phi) is 6.72. The Morgan fingerprint density at radius 2 is 2.18 bits per heavy atom. The summed E-state index contributed by atoms with van der Waals surface area (Å²) in [5.74, 6) is 2.43. The molecule has 8 heteroatoms. The highest BCUT2D eigenvalue weighted by Crippen LogP contribution is 2.44. The zero-order chi connectivity index (χ0) is 23.7. The molecular formula is C26H36N6O2. The minimum Gasteiger partial charge on any atom is -0.508 e. The Morgan fingerprint density at radius 1 is 1.29 bits per heavy atom. The number of aromatic nitrogens is 2. The Hall–Kier alpha value is -2.68. The van der Waals surface area contributed by atoms with Gasteiger partial charge in [-0.2, -0.15) is 0 Å². The van der Waals surface area contributed by atoms with E-state index in [-0.39, 0.29) is 11.9 Å². The van der Waals surface area contributed by atoms with Crippen LogP contribution in [0.25, 0.3) is 5.57 Å². The summed E-state index contributed by atoms with van der Waals surface area (Å²) in [7, 11) is 1.68. The largest absolute Gasteiger partial charge is 0.508 e. The number of H-pyrrole nitrogens is 1. The number of imidazole rings is 1. The van der Waals surface area contributed by atoms with Gasteiger partial charge in [0.2, 0.25) is 5.91 Å². The molecule has 0 spiro atoms. The van der Waals surface area contributed by atoms with Crippen LogP contribution in [0.15, 0.2) is 30.5 Å². The van der Waals surface area contributed by atoms with Crippen molar-refractivity contribution in [1.82, 2.24) is 31.0 Å². The van der Waals surface area contributed by atoms with Gasteiger partial charge < -0.3 is 15.4 Å². The Balaban J connectivity index is 1.23. The van der Waals surface area contributed by atoms with Gasteiger partial charge in [-0.3, -0.25) is 15.1 Å². The van der Waals surface area contributed by atoms with Gasteiger partial charge in [0.05, 0.1) is 24.5 Å². The van der Waals surface area contributed by atoms with Crippen LogP contribution in [-0.4, -0.2) is 58.6 Å². The first-order valence-electron chi connectivity index (χ1n) is 12.6. The zero-order valence-corrected chi connectivity index (χ0v) is 20.1. The lowest BCUT2D eigenvalue weighted by Crippen LogP contribution is -2.37. The molecule has 2 fully saturated rings. The summed E-state index contributed by atoms with van der Waals surface area (Å²) in [5, 5.41) is 12.6. The van der Waals surface area contributed by atoms with E-state index in [4.69, 9.17) is 4.98 Å². The van der Waals surface area contributed by atoms with E-state index in [1.54, 1.807) is 7.05 Å². The van der Waals surface area contributed by atoms with Crippen molar-refractivity contribution in [3.63, 3.8) is 0 Å². The molecule has 2 aromatic rings. The Morgan fingerprint density at radius 3 is 2.94 bits per heavy atom. The van der Waals surface area contributed by atoms with Gasteiger partial charge in [0, 0.05) is 26.2 Å². The monoisotopic (exact) mass is 464 g/mol. The molecule has 3 heterocycles. The summed E-state index contributed by atoms with van der Waals surface area (Å²) in [5.41, 5.74) is 12.1. The number of nitrogens with zero attached hydrogens (tertiary/aromatic N) is 2. The number of phenolic OH excluding ortho intramolecular Hbond substituents is 1. The number of hydrazine groups is 1. The molecule has 8 nitrogen and oxygen atoms in total. The van der Waals surface area contributed by atoms with Crippen molar-refractivity contribution in [2.45, 2.75) is 57.0 Å². The van der Waals surface area contributed by atoms with Crippen LogP contribution in [0.1, 0.15) is 67.2 Å². The van der Waals surface area contributed by atoms with Crippen molar-refractivity contribution in [3.05, 3.63) is 53.1 Å². The van der Waals surface area contributed by atoms with E-state index in [1.807, 2.05) is 18.3 Å². The number of benzene rings is 1. The van der Waals surface area contributed by atoms with E-state index in [9.17, 15) is 9.90 Å². The van der Waals surface area contributed by atoms with Crippen molar-refractivity contribution < 1.29 is 9.90 Å². The quantitative estimate of drug-likeness (QED) is 0.450. The molecule has 5 rings (SSSR count). The highest BCUT2D eigenvalue weighted by molar-refractivity contribution is 5.77. The molecule has 4 unspecified atom stereocenters. The number of aromatic amines is 1. The molecular weight excluding hydrogens is 428 g/mol. The van der Waals surface area contributed by atoms with Crippen molar-refractivity contribution in [1.29, 1.82) is 0 Å². The predicted octanol–water partition coefficient (Wildman–Crippen LogP) is 2.61. The number of nitrogens with one attached hydrogen (secondary N) is 4. The van der Waals surface area contributed by atoms with E-state index >= 15 is 0 Å². The van der Waals surface area contributed by atoms with Crippen LogP contribution in [0.3, 0.4) is 0 Å². The minimum absolute atomic E-state index is 0.0566. The summed E-state index contributed by atoms with van der Waals surface area (Å²) in [4.78, 5) is 22.1. The average Bonchev–Trinajstić information content (AvgIpc) is 3.51. The first kappa shape index (κ1) is 23.1. The number of carbonyl (C=O) groups is 1. The molecule has 1 aromatic heterocycles. The number of aryl methyl sites for hydroxylation is 1. The van der Waals surface area contributed by atoms with Crippen molar-refractivity contribution in [2.24, 2.45) is 5.92 Å². The van der Waals surface area contributed by atoms with Crippen LogP contribution in [0.5, 0.6) is 5.75 Å². The Bertz CT molecular complexity index is 1060. The molecule has 1 saturated carbocycles. The molecule has 1 amide bonds. The Labute approximate surface area is 201 Å². The highest BCUT2D eigenvalue weighted by atomic mass is 16.3. The van der Waals surface area contributed by atoms with E-state index in [2.05, 4.69) is 45.1 Å². The third-order valence-electron chi connectivity index (χ3n) is 7.88. The third-order valence-corrected chi connectivity index (χ3v) is 7.88. The van der Waals surface area contributed by atoms with E-state index in [0.717, 1.165) is 56.7 Å². The second-order valence-corrected chi connectivity index (χ2v) is 9.85. The maximum Gasteiger partial charge on any atom is 0.233 e. The lowest BCUT2D eigenvalue weighted by atomic mass is 9.73. The molecule has 1 aromatic carbocycles. The molecule has 2 aliphatic heterocycles. The van der Waals surface area contributed by atoms with Gasteiger partial charge in [0.1, 0.15) is 11.6 Å². The normalized spacial score (nSPS) is 27.3. The number of phenols is 1. The van der Waals surface area contributed by atoms with Crippen molar-refractivity contribution in [2.75, 3.05) is 26.7 Å². The molecule has 182 valence electrons. The van der Waals surface area contributed by atoms with E-state index < -0.39 is 0 Å². The smallest absolute Gasteiger partial charge is 0.233 e. The van der Waals surface area contributed by atoms with Crippen LogP contribution in [-0.2, 0) is 11.2 Å². The van der Waals surface area contributed by atoms with Gasteiger partial charge >= 0.3 is 0 Å². The first-order chi connectivity index (χ1) is 16.6. The molecule has 3 aliphatic rings. The highest BCUT2D eigenvalue weighted by Gasteiger charge is 2.42. The number of aromatic hydroxyl groups is 1. The number of hydrogen-bond acceptors (Lipinski definition) is 6. The number of fused-ring (bicyclic) bond motifs is 1. The van der Waals surface area contributed by atoms with Crippen LogP contribution < -0.4 is 16.2 Å². The van der Waals surface area contributed by atoms with Crippen LogP contribution >= 0.6 is 0 Å². The summed E-state index contributed by atoms with van der Waals surface area (Å²) in [6, 6.07) is 6.45. The molecule has 34 heavy (non-hydrogen) atoms. The fraction of sp³-hybridized carbons (Fsp3) is 0.538. The zero-order valence-electron chi connectivity index (χ0n) is 20.1. The van der Waals surface area contributed by atoms with E-state index in [1.165, 1.54) is 16.7 Å². The van der Waals surface area contributed by atoms with Crippen molar-refractivity contribution >= 4 is 11.5 Å². The second-order valence-electron chi connectivity index (χ2n) is 9.85. The van der Waals surface area contributed by atoms with Gasteiger partial charge in [-0.05, 0) is 72.8 Å². The lowest BCUT2D eigenvalue weighted by molar-refractivity contribution is -0.121. The summed E-state index contributed by atoms with van der Waals surface area (Å²) < 4.78 is 0. The van der Waals surface area contributed by atoms with Gasteiger partial charge in [-0.1, -0.05) is 19.1 Å². The number of likely N-dealkylation sites (N-methyl/N-ethyl adjacent to an activating group) is 1. The molecule has 1 saturated heterocycles. The fourth-order valence-corrected chi connectivity index (χ4v) is 5.95. The molecule has 1 aliphatic carbocycles. The maximum atomic E-state index is 11.6. The summed E-state index contributed by atoms with van der Waals surface area (Å²) in [6.07, 6.45) is 9.40. The third kappa shape index (κ3) is 4.62. The van der Waals surface area contributed by atoms with E-state index in [0.29, 0.717) is 30.2 Å². The molecule has 0 radical (unpaired) electrons. The van der Waals surface area contributed by atoms with Crippen LogP contribution in [0, 0.1) is 5.92 Å². The summed E-state index contributed by atoms with van der Waals surface area (Å²) in [6.45, 7) is 4.26. The number of rotatable bonds is 6. The number of amides is 1. The minimum atomic E-state index is 0.0566. The fourth-order valence-electron chi connectivity index (χ4n) is 5.95. The number of hydrogen-bond donors (Lipinski definition) is 5. The molecule has 4 atom stereocenters. The second kappa shape index (κ2) is 9.90. The summed E-state index contributed by atoms with van der Waals surface area (Å²) >= 11 is 0. The van der Waals surface area contributed by atoms with Crippen molar-refractivity contribution in [3.8, 4) is 5.75 Å². The first-order valence-corrected chi connectivity index (χ1v) is 12.6. The van der Waals surface area contributed by atoms with Crippen LogP contribution in [0.2, 0.25) is 0 Å². The van der Waals surface area contributed by atoms with Gasteiger partial charge in [-0.25, -0.2) is 10.4 Å². The maximum absolute atomic E-state index is 11.6. The average molecular weight is 465 g/mol. The lowest BCUT2D eigenvalue weighted by Gasteiger charge is -2.33. The molecule has 0 bridgehead atoms. The van der Waals surface area contributed by atoms with Crippen LogP contribution in [0.4, 0.5) is 0 Å². The SMILES string of the molecule is CCc1cc(O)ccc1C1CCC2C(C1)NNC2c1ncc(C2=CCN(CC(=O)NC)CC2)[nH]1. The standard InChI is InChI=1S/C26H36N6O2/c1-3-16-12-19(33)5-7-20(16)18-4-6-21-22(13-18)30-31-25(21)26-28-14-23(29-26)17-8-10-32(11-9-17)15-24(34)27-2/h5,7-8,12,14,18,21-22,25,30-31,33H,3-4,6,9-11,13,15H2,1-2H3,(H,27,34)(H,28,29). The van der Waals surface area contributed by atoms with Gasteiger partial charge in [-0.15, -0.1) is 0 Å². The molecule has 5 N–H and O–H groups in total.